The van der Waals surface area contributed by atoms with Gasteiger partial charge in [0.05, 0.1) is 11.6 Å². The van der Waals surface area contributed by atoms with Gasteiger partial charge in [-0.05, 0) is 55.3 Å². The van der Waals surface area contributed by atoms with Crippen LogP contribution >= 0.6 is 11.6 Å². The number of carbonyl (C=O) groups is 2. The molecule has 0 radical (unpaired) electrons. The van der Waals surface area contributed by atoms with Gasteiger partial charge in [-0.3, -0.25) is 14.6 Å². The number of aromatic nitrogens is 1. The van der Waals surface area contributed by atoms with E-state index >= 15 is 0 Å². The number of hydrogen-bond donors (Lipinski definition) is 4. The van der Waals surface area contributed by atoms with Crippen molar-refractivity contribution in [2.45, 2.75) is 31.3 Å². The molecule has 1 fully saturated rings. The fourth-order valence-electron chi connectivity index (χ4n) is 5.31. The number of H-pyrrole nitrogens is 1. The smallest absolute Gasteiger partial charge is 0.328 e. The molecule has 0 saturated carbocycles. The van der Waals surface area contributed by atoms with Gasteiger partial charge in [0.1, 0.15) is 23.1 Å². The molecule has 1 saturated heterocycles. The van der Waals surface area contributed by atoms with Crippen molar-refractivity contribution in [3.05, 3.63) is 64.1 Å². The number of fused-ring (bicyclic) bond motifs is 4. The molecule has 3 amide bonds. The lowest BCUT2D eigenvalue weighted by Gasteiger charge is -2.42. The molecule has 3 aromatic rings. The van der Waals surface area contributed by atoms with Crippen molar-refractivity contribution in [2.75, 3.05) is 26.2 Å². The maximum Gasteiger partial charge on any atom is 0.328 e. The maximum atomic E-state index is 14.2. The first kappa shape index (κ1) is 23.6. The van der Waals surface area contributed by atoms with Crippen LogP contribution < -0.4 is 5.32 Å². The number of nitrogens with one attached hydrogen (secondary N) is 2. The van der Waals surface area contributed by atoms with Crippen LogP contribution in [0, 0.1) is 5.82 Å². The average Bonchev–Trinajstić information content (AvgIpc) is 3.24. The van der Waals surface area contributed by atoms with Crippen molar-refractivity contribution < 1.29 is 24.2 Å². The molecule has 4 N–H and O–H groups in total. The molecular formula is C25H26ClFN4O4. The first-order valence-electron chi connectivity index (χ1n) is 11.5. The van der Waals surface area contributed by atoms with Crippen LogP contribution in [0.15, 0.2) is 36.4 Å². The second-order valence-electron chi connectivity index (χ2n) is 9.21. The number of urea groups is 1. The number of aromatic hydroxyl groups is 1. The number of imide groups is 1. The van der Waals surface area contributed by atoms with E-state index in [0.29, 0.717) is 41.7 Å². The number of phenols is 1. The van der Waals surface area contributed by atoms with Gasteiger partial charge >= 0.3 is 6.03 Å². The lowest BCUT2D eigenvalue weighted by Crippen LogP contribution is -2.53. The van der Waals surface area contributed by atoms with E-state index < -0.39 is 23.4 Å². The number of aliphatic hydroxyl groups excluding tert-OH is 1. The van der Waals surface area contributed by atoms with Crippen LogP contribution in [0.3, 0.4) is 0 Å². The highest BCUT2D eigenvalue weighted by Crippen LogP contribution is 2.49. The Morgan fingerprint density at radius 2 is 2.06 bits per heavy atom. The van der Waals surface area contributed by atoms with Crippen LogP contribution in [0.5, 0.6) is 5.75 Å². The van der Waals surface area contributed by atoms with Crippen LogP contribution in [-0.2, 0) is 11.2 Å². The molecule has 2 aliphatic rings. The maximum absolute atomic E-state index is 14.2. The topological polar surface area (TPSA) is 109 Å². The summed E-state index contributed by atoms with van der Waals surface area (Å²) in [4.78, 5) is 33.5. The highest BCUT2D eigenvalue weighted by atomic mass is 35.5. The number of amides is 3. The second-order valence-corrected chi connectivity index (χ2v) is 9.62. The molecule has 0 aliphatic carbocycles. The van der Waals surface area contributed by atoms with Crippen molar-refractivity contribution in [3.63, 3.8) is 0 Å². The summed E-state index contributed by atoms with van der Waals surface area (Å²) in [6, 6.07) is 8.33. The van der Waals surface area contributed by atoms with Crippen molar-refractivity contribution >= 4 is 34.4 Å². The zero-order valence-electron chi connectivity index (χ0n) is 19.1. The van der Waals surface area contributed by atoms with Gasteiger partial charge in [-0.15, -0.1) is 0 Å². The molecule has 184 valence electrons. The number of benzene rings is 2. The third kappa shape index (κ3) is 3.74. The second kappa shape index (κ2) is 8.82. The number of phenolic OH excluding ortho intramolecular Hbond substituents is 1. The highest BCUT2D eigenvalue weighted by molar-refractivity contribution is 6.31. The molecule has 2 aromatic carbocycles. The Hall–Kier alpha value is -3.14. The molecule has 3 heterocycles. The molecule has 10 heteroatoms. The predicted octanol–water partition coefficient (Wildman–Crippen LogP) is 3.31. The standard InChI is InChI=1S/C25H26ClFN4O4/c1-25-13-17-16-11-18(26)19(27)12-20(16)29-21(17)22(14-4-2-5-15(33)10-14)31(25)24(35)30(23(25)34)8-3-6-28-7-9-32/h2,4-5,10-12,22,28-29,32-33H,3,6-9,13H2,1H3. The summed E-state index contributed by atoms with van der Waals surface area (Å²) in [6.07, 6.45) is 0.782. The Morgan fingerprint density at radius 1 is 1.26 bits per heavy atom. The number of nitrogens with zero attached hydrogens (tertiary/aromatic N) is 2. The van der Waals surface area contributed by atoms with Gasteiger partial charge in [0, 0.05) is 36.1 Å². The van der Waals surface area contributed by atoms with E-state index in [0.717, 1.165) is 5.56 Å². The minimum absolute atomic E-state index is 0.0125. The molecule has 2 atom stereocenters. The van der Waals surface area contributed by atoms with Gasteiger partial charge in [0.2, 0.25) is 0 Å². The Labute approximate surface area is 206 Å². The fourth-order valence-corrected chi connectivity index (χ4v) is 5.48. The van der Waals surface area contributed by atoms with E-state index in [-0.39, 0.29) is 36.3 Å². The molecule has 35 heavy (non-hydrogen) atoms. The van der Waals surface area contributed by atoms with Crippen molar-refractivity contribution in [1.29, 1.82) is 0 Å². The van der Waals surface area contributed by atoms with E-state index in [4.69, 9.17) is 16.7 Å². The van der Waals surface area contributed by atoms with Gasteiger partial charge in [-0.25, -0.2) is 9.18 Å². The lowest BCUT2D eigenvalue weighted by molar-refractivity contribution is -0.133. The summed E-state index contributed by atoms with van der Waals surface area (Å²) in [6.45, 7) is 2.99. The van der Waals surface area contributed by atoms with Crippen LogP contribution in [0.25, 0.3) is 10.9 Å². The van der Waals surface area contributed by atoms with E-state index in [9.17, 15) is 19.1 Å². The molecule has 0 spiro atoms. The van der Waals surface area contributed by atoms with Gasteiger partial charge in [0.15, 0.2) is 0 Å². The summed E-state index contributed by atoms with van der Waals surface area (Å²) < 4.78 is 14.2. The summed E-state index contributed by atoms with van der Waals surface area (Å²) in [7, 11) is 0. The normalized spacial score (nSPS) is 21.7. The average molecular weight is 501 g/mol. The van der Waals surface area contributed by atoms with E-state index in [1.54, 1.807) is 36.1 Å². The molecule has 0 bridgehead atoms. The molecule has 2 unspecified atom stereocenters. The number of halogens is 2. The monoisotopic (exact) mass is 500 g/mol. The van der Waals surface area contributed by atoms with E-state index in [2.05, 4.69) is 10.3 Å². The number of carbonyl (C=O) groups excluding carboxylic acids is 2. The predicted molar refractivity (Wildman–Crippen MR) is 129 cm³/mol. The molecule has 5 rings (SSSR count). The fraction of sp³-hybridized carbons (Fsp3) is 0.360. The van der Waals surface area contributed by atoms with Gasteiger partial charge in [-0.1, -0.05) is 23.7 Å². The van der Waals surface area contributed by atoms with Crippen LogP contribution in [0.1, 0.15) is 36.2 Å². The number of aromatic amines is 1. The van der Waals surface area contributed by atoms with E-state index in [1.807, 2.05) is 0 Å². The first-order valence-corrected chi connectivity index (χ1v) is 11.9. The number of rotatable bonds is 7. The highest BCUT2D eigenvalue weighted by Gasteiger charge is 2.60. The van der Waals surface area contributed by atoms with Crippen LogP contribution in [0.2, 0.25) is 5.02 Å². The Kier molecular flexibility index (Phi) is 5.94. The van der Waals surface area contributed by atoms with Crippen LogP contribution in [-0.4, -0.2) is 68.7 Å². The minimum atomic E-state index is -1.17. The van der Waals surface area contributed by atoms with Gasteiger partial charge in [0.25, 0.3) is 5.91 Å². The number of hydrogen-bond acceptors (Lipinski definition) is 5. The van der Waals surface area contributed by atoms with Crippen molar-refractivity contribution in [2.24, 2.45) is 0 Å². The molecule has 8 nitrogen and oxygen atoms in total. The molecule has 1 aromatic heterocycles. The Balaban J connectivity index is 1.61. The van der Waals surface area contributed by atoms with Crippen LogP contribution in [0.4, 0.5) is 9.18 Å². The number of aliphatic hydroxyl groups is 1. The van der Waals surface area contributed by atoms with Crippen molar-refractivity contribution in [1.82, 2.24) is 20.1 Å². The van der Waals surface area contributed by atoms with Gasteiger partial charge < -0.3 is 20.5 Å². The zero-order valence-corrected chi connectivity index (χ0v) is 19.9. The summed E-state index contributed by atoms with van der Waals surface area (Å²) in [5.41, 5.74) is 1.44. The third-order valence-corrected chi connectivity index (χ3v) is 7.21. The molecular weight excluding hydrogens is 475 g/mol. The summed E-state index contributed by atoms with van der Waals surface area (Å²) in [5.74, 6) is -0.833. The van der Waals surface area contributed by atoms with Crippen molar-refractivity contribution in [3.8, 4) is 5.75 Å². The quantitative estimate of drug-likeness (QED) is 0.294. The molecule has 2 aliphatic heterocycles. The lowest BCUT2D eigenvalue weighted by atomic mass is 9.81. The minimum Gasteiger partial charge on any atom is -0.508 e. The first-order chi connectivity index (χ1) is 16.8. The SMILES string of the molecule is CC12Cc3c([nH]c4cc(F)c(Cl)cc34)C(c3cccc(O)c3)N1C(=O)N(CCCNCCO)C2=O. The van der Waals surface area contributed by atoms with Gasteiger partial charge in [-0.2, -0.15) is 0 Å². The van der Waals surface area contributed by atoms with E-state index in [1.165, 1.54) is 17.0 Å². The Bertz CT molecular complexity index is 1330. The Morgan fingerprint density at radius 3 is 2.80 bits per heavy atom. The summed E-state index contributed by atoms with van der Waals surface area (Å²) in [5, 5.41) is 22.8. The largest absolute Gasteiger partial charge is 0.508 e. The third-order valence-electron chi connectivity index (χ3n) is 6.92. The zero-order chi connectivity index (χ0) is 24.9. The summed E-state index contributed by atoms with van der Waals surface area (Å²) >= 11 is 6.09.